The fourth-order valence-electron chi connectivity index (χ4n) is 6.04. The summed E-state index contributed by atoms with van der Waals surface area (Å²) in [5.41, 5.74) is 2.38. The molecule has 1 aliphatic heterocycles. The van der Waals surface area contributed by atoms with Crippen molar-refractivity contribution in [1.29, 1.82) is 0 Å². The van der Waals surface area contributed by atoms with Gasteiger partial charge < -0.3 is 29.0 Å². The average Bonchev–Trinajstić information content (AvgIpc) is 3.78. The van der Waals surface area contributed by atoms with E-state index in [-0.39, 0.29) is 6.10 Å². The van der Waals surface area contributed by atoms with E-state index in [1.807, 2.05) is 29.9 Å². The predicted molar refractivity (Wildman–Crippen MR) is 178 cm³/mol. The lowest BCUT2D eigenvalue weighted by Crippen LogP contribution is -2.45. The zero-order valence-electron chi connectivity index (χ0n) is 27.4. The minimum Gasteiger partial charge on any atom is -0.487 e. The summed E-state index contributed by atoms with van der Waals surface area (Å²) in [6, 6.07) is 6.48. The smallest absolute Gasteiger partial charge is 0.257 e. The van der Waals surface area contributed by atoms with Gasteiger partial charge in [0.05, 0.1) is 56.8 Å². The third-order valence-electron chi connectivity index (χ3n) is 8.53. The average molecular weight is 683 g/mol. The molecule has 48 heavy (non-hydrogen) atoms. The van der Waals surface area contributed by atoms with Gasteiger partial charge >= 0.3 is 0 Å². The van der Waals surface area contributed by atoms with Crippen LogP contribution in [0.1, 0.15) is 38.6 Å². The van der Waals surface area contributed by atoms with E-state index in [2.05, 4.69) is 35.7 Å². The van der Waals surface area contributed by atoms with Crippen LogP contribution in [0.2, 0.25) is 5.02 Å². The Morgan fingerprint density at radius 1 is 1.00 bits per heavy atom. The Morgan fingerprint density at radius 2 is 1.77 bits per heavy atom. The summed E-state index contributed by atoms with van der Waals surface area (Å²) in [6.07, 6.45) is 11.2. The van der Waals surface area contributed by atoms with Gasteiger partial charge in [0.25, 0.3) is 5.88 Å². The van der Waals surface area contributed by atoms with Gasteiger partial charge in [-0.15, -0.1) is 10.2 Å². The number of methoxy groups -OCH3 is 1. The number of benzene rings is 1. The molecule has 0 amide bonds. The van der Waals surface area contributed by atoms with Crippen LogP contribution in [0.3, 0.4) is 0 Å². The molecule has 0 radical (unpaired) electrons. The number of hydrogen-bond donors (Lipinski definition) is 1. The second kappa shape index (κ2) is 17.0. The first-order chi connectivity index (χ1) is 23.6. The summed E-state index contributed by atoms with van der Waals surface area (Å²) in [5.74, 6) is 1.47. The SMILES string of the molecule is COCCOCCOc1nn(C2CCC(N3CCOCC3)CC2)cc1Nc1ncc(-c2ccc(Cl)c(O[C@@H](C)Cn3cnnn3)c2)cn1. The molecule has 0 unspecified atom stereocenters. The molecule has 6 rings (SSSR count). The van der Waals surface area contributed by atoms with Crippen molar-refractivity contribution >= 4 is 23.2 Å². The van der Waals surface area contributed by atoms with Gasteiger partial charge in [-0.3, -0.25) is 9.58 Å². The Morgan fingerprint density at radius 3 is 2.52 bits per heavy atom. The number of nitrogens with one attached hydrogen (secondary N) is 1. The lowest BCUT2D eigenvalue weighted by molar-refractivity contribution is 0.00501. The van der Waals surface area contributed by atoms with Gasteiger partial charge in [-0.1, -0.05) is 17.7 Å². The Hall–Kier alpha value is -3.89. The lowest BCUT2D eigenvalue weighted by Gasteiger charge is -2.38. The van der Waals surface area contributed by atoms with Crippen molar-refractivity contribution < 1.29 is 23.7 Å². The predicted octanol–water partition coefficient (Wildman–Crippen LogP) is 4.05. The number of ether oxygens (including phenoxy) is 5. The first kappa shape index (κ1) is 34.0. The van der Waals surface area contributed by atoms with Gasteiger partial charge in [0.15, 0.2) is 0 Å². The summed E-state index contributed by atoms with van der Waals surface area (Å²) in [7, 11) is 1.65. The Balaban J connectivity index is 1.11. The molecule has 2 fully saturated rings. The number of aromatic nitrogens is 8. The van der Waals surface area contributed by atoms with Gasteiger partial charge in [-0.05, 0) is 60.7 Å². The Bertz CT molecular complexity index is 1540. The molecule has 1 atom stereocenters. The first-order valence-corrected chi connectivity index (χ1v) is 16.8. The van der Waals surface area contributed by atoms with Gasteiger partial charge in [-0.25, -0.2) is 14.6 Å². The number of morpholine rings is 1. The van der Waals surface area contributed by atoms with Crippen molar-refractivity contribution in [3.05, 3.63) is 48.1 Å². The van der Waals surface area contributed by atoms with Crippen LogP contribution >= 0.6 is 11.6 Å². The van der Waals surface area contributed by atoms with E-state index in [1.54, 1.807) is 36.6 Å². The molecule has 258 valence electrons. The number of hydrogen-bond acceptors (Lipinski definition) is 13. The summed E-state index contributed by atoms with van der Waals surface area (Å²) in [5, 5.41) is 19.9. The van der Waals surface area contributed by atoms with Crippen LogP contribution in [-0.4, -0.2) is 117 Å². The number of tetrazole rings is 1. The molecule has 0 spiro atoms. The van der Waals surface area contributed by atoms with Crippen molar-refractivity contribution in [1.82, 2.24) is 44.9 Å². The molecule has 1 aromatic carbocycles. The molecule has 1 saturated heterocycles. The maximum absolute atomic E-state index is 6.46. The maximum atomic E-state index is 6.46. The van der Waals surface area contributed by atoms with Crippen LogP contribution in [0.25, 0.3) is 11.1 Å². The zero-order valence-corrected chi connectivity index (χ0v) is 28.2. The van der Waals surface area contributed by atoms with Gasteiger partial charge in [0.2, 0.25) is 5.95 Å². The minimum atomic E-state index is -0.210. The monoisotopic (exact) mass is 682 g/mol. The van der Waals surface area contributed by atoms with E-state index in [9.17, 15) is 0 Å². The number of nitrogens with zero attached hydrogens (tertiary/aromatic N) is 9. The summed E-state index contributed by atoms with van der Waals surface area (Å²) in [4.78, 5) is 11.8. The lowest BCUT2D eigenvalue weighted by atomic mass is 9.90. The van der Waals surface area contributed by atoms with E-state index in [0.29, 0.717) is 73.3 Å². The van der Waals surface area contributed by atoms with Crippen molar-refractivity contribution in [3.63, 3.8) is 0 Å². The van der Waals surface area contributed by atoms with Crippen LogP contribution in [-0.2, 0) is 20.8 Å². The van der Waals surface area contributed by atoms with Crippen LogP contribution < -0.4 is 14.8 Å². The second-order valence-electron chi connectivity index (χ2n) is 11.9. The Kier molecular flexibility index (Phi) is 12.0. The van der Waals surface area contributed by atoms with Crippen LogP contribution in [0.5, 0.6) is 11.6 Å². The molecule has 1 saturated carbocycles. The highest BCUT2D eigenvalue weighted by Crippen LogP contribution is 2.35. The van der Waals surface area contributed by atoms with Crippen LogP contribution in [0.15, 0.2) is 43.1 Å². The quantitative estimate of drug-likeness (QED) is 0.170. The molecule has 2 aliphatic rings. The van der Waals surface area contributed by atoms with E-state index in [4.69, 9.17) is 40.4 Å². The minimum absolute atomic E-state index is 0.210. The van der Waals surface area contributed by atoms with E-state index in [0.717, 1.165) is 63.1 Å². The third-order valence-corrected chi connectivity index (χ3v) is 8.84. The zero-order chi connectivity index (χ0) is 33.1. The normalized spacial score (nSPS) is 19.2. The highest BCUT2D eigenvalue weighted by atomic mass is 35.5. The highest BCUT2D eigenvalue weighted by molar-refractivity contribution is 6.32. The summed E-state index contributed by atoms with van der Waals surface area (Å²) in [6.45, 7) is 7.92. The molecule has 4 heterocycles. The highest BCUT2D eigenvalue weighted by Gasteiger charge is 2.29. The van der Waals surface area contributed by atoms with Gasteiger partial charge in [0.1, 0.15) is 30.5 Å². The van der Waals surface area contributed by atoms with Crippen molar-refractivity contribution in [2.24, 2.45) is 0 Å². The standard InChI is InChI=1S/C32H43ClN10O5/c1-23(20-42-22-36-39-40-42)48-30-17-24(3-8-28(30)33)25-18-34-32(35-19-25)37-29-21-43(38-31(29)47-16-15-46-14-13-44-2)27-6-4-26(5-7-27)41-9-11-45-12-10-41/h3,8,17-19,21-23,26-27H,4-7,9-16,20H2,1-2H3,(H,34,35,37)/t23-,26?,27?/m0/s1. The van der Waals surface area contributed by atoms with Crippen LogP contribution in [0, 0.1) is 0 Å². The van der Waals surface area contributed by atoms with Crippen molar-refractivity contribution in [2.75, 3.05) is 65.2 Å². The fraction of sp³-hybridized carbons (Fsp3) is 0.562. The fourth-order valence-corrected chi connectivity index (χ4v) is 6.21. The largest absolute Gasteiger partial charge is 0.487 e. The number of halogens is 1. The van der Waals surface area contributed by atoms with Crippen molar-refractivity contribution in [3.8, 4) is 22.8 Å². The molecule has 4 aromatic rings. The van der Waals surface area contributed by atoms with Gasteiger partial charge in [0, 0.05) is 44.2 Å². The van der Waals surface area contributed by atoms with E-state index in [1.165, 1.54) is 0 Å². The molecular formula is C32H43ClN10O5. The summed E-state index contributed by atoms with van der Waals surface area (Å²) >= 11 is 6.46. The second-order valence-corrected chi connectivity index (χ2v) is 12.3. The maximum Gasteiger partial charge on any atom is 0.257 e. The molecule has 16 heteroatoms. The number of anilines is 2. The van der Waals surface area contributed by atoms with Crippen molar-refractivity contribution in [2.45, 2.75) is 57.3 Å². The molecule has 3 aromatic heterocycles. The first-order valence-electron chi connectivity index (χ1n) is 16.4. The van der Waals surface area contributed by atoms with E-state index >= 15 is 0 Å². The third kappa shape index (κ3) is 9.17. The van der Waals surface area contributed by atoms with Crippen LogP contribution in [0.4, 0.5) is 11.6 Å². The molecule has 0 bridgehead atoms. The molecule has 1 N–H and O–H groups in total. The Labute approximate surface area is 284 Å². The molecule has 1 aliphatic carbocycles. The van der Waals surface area contributed by atoms with Gasteiger partial charge in [-0.2, -0.15) is 0 Å². The molecule has 15 nitrogen and oxygen atoms in total. The summed E-state index contributed by atoms with van der Waals surface area (Å²) < 4.78 is 32.0. The van der Waals surface area contributed by atoms with E-state index < -0.39 is 0 Å². The topological polar surface area (TPSA) is 149 Å². The molecular weight excluding hydrogens is 640 g/mol. The number of rotatable bonds is 16.